The van der Waals surface area contributed by atoms with E-state index in [4.69, 9.17) is 9.47 Å². The molecule has 3 aromatic rings. The molecule has 3 aromatic carbocycles. The summed E-state index contributed by atoms with van der Waals surface area (Å²) in [7, 11) is 1.71. The lowest BCUT2D eigenvalue weighted by atomic mass is 9.87. The van der Waals surface area contributed by atoms with Crippen LogP contribution in [0.4, 0.5) is 0 Å². The molecule has 0 N–H and O–H groups in total. The number of methoxy groups -OCH3 is 1. The molecule has 32 heavy (non-hydrogen) atoms. The van der Waals surface area contributed by atoms with E-state index in [1.165, 1.54) is 11.1 Å². The van der Waals surface area contributed by atoms with E-state index in [2.05, 4.69) is 36.4 Å². The van der Waals surface area contributed by atoms with Gasteiger partial charge in [0.05, 0.1) is 13.7 Å². The first-order chi connectivity index (χ1) is 15.7. The van der Waals surface area contributed by atoms with Crippen molar-refractivity contribution < 1.29 is 14.3 Å². The van der Waals surface area contributed by atoms with E-state index < -0.39 is 0 Å². The Balaban J connectivity index is 1.63. The maximum atomic E-state index is 12.8. The van der Waals surface area contributed by atoms with Gasteiger partial charge in [0.2, 0.25) is 5.91 Å². The highest BCUT2D eigenvalue weighted by Crippen LogP contribution is 2.38. The number of benzene rings is 3. The minimum absolute atomic E-state index is 0.101. The zero-order valence-electron chi connectivity index (χ0n) is 18.9. The van der Waals surface area contributed by atoms with E-state index in [0.29, 0.717) is 19.5 Å². The summed E-state index contributed by atoms with van der Waals surface area (Å²) >= 11 is 0. The second-order valence-electron chi connectivity index (χ2n) is 8.20. The van der Waals surface area contributed by atoms with Crippen molar-refractivity contribution in [1.29, 1.82) is 0 Å². The predicted octanol–water partition coefficient (Wildman–Crippen LogP) is 5.59. The Hall–Kier alpha value is -3.27. The quantitative estimate of drug-likeness (QED) is 0.445. The molecule has 0 aliphatic carbocycles. The number of ether oxygens (including phenoxy) is 2. The first-order valence-electron chi connectivity index (χ1n) is 11.4. The number of carbonyl (C=O) groups excluding carboxylic acids is 1. The molecule has 1 aliphatic heterocycles. The van der Waals surface area contributed by atoms with Gasteiger partial charge in [-0.1, -0.05) is 67.6 Å². The van der Waals surface area contributed by atoms with Crippen LogP contribution in [0.1, 0.15) is 47.9 Å². The van der Waals surface area contributed by atoms with Crippen LogP contribution in [-0.2, 0) is 17.8 Å². The number of hydrogen-bond acceptors (Lipinski definition) is 3. The molecular weight excluding hydrogens is 398 g/mol. The molecule has 0 aromatic heterocycles. The Kier molecular flexibility index (Phi) is 7.10. The van der Waals surface area contributed by atoms with E-state index in [9.17, 15) is 4.79 Å². The van der Waals surface area contributed by atoms with Crippen LogP contribution in [0.3, 0.4) is 0 Å². The van der Waals surface area contributed by atoms with Crippen molar-refractivity contribution in [2.24, 2.45) is 0 Å². The molecule has 0 fully saturated rings. The molecule has 1 aliphatic rings. The van der Waals surface area contributed by atoms with Gasteiger partial charge in [-0.05, 0) is 35.2 Å². The number of nitrogens with zero attached hydrogens (tertiary/aromatic N) is 1. The number of rotatable bonds is 9. The Bertz CT molecular complexity index is 1050. The second kappa shape index (κ2) is 10.4. The van der Waals surface area contributed by atoms with Crippen molar-refractivity contribution in [1.82, 2.24) is 4.90 Å². The highest BCUT2D eigenvalue weighted by Gasteiger charge is 2.23. The molecule has 1 amide bonds. The fraction of sp³-hybridized carbons (Fsp3) is 0.321. The fourth-order valence-electron chi connectivity index (χ4n) is 4.46. The molecule has 0 spiro atoms. The van der Waals surface area contributed by atoms with Gasteiger partial charge in [-0.15, -0.1) is 0 Å². The molecule has 166 valence electrons. The van der Waals surface area contributed by atoms with Crippen molar-refractivity contribution in [2.75, 3.05) is 20.3 Å². The molecule has 4 heteroatoms. The molecule has 0 saturated carbocycles. The Morgan fingerprint density at radius 3 is 2.62 bits per heavy atom. The molecule has 0 radical (unpaired) electrons. The number of para-hydroxylation sites is 1. The smallest absolute Gasteiger partial charge is 0.222 e. The van der Waals surface area contributed by atoms with Gasteiger partial charge in [-0.25, -0.2) is 0 Å². The number of amides is 1. The molecule has 1 unspecified atom stereocenters. The zero-order chi connectivity index (χ0) is 22.3. The lowest BCUT2D eigenvalue weighted by Gasteiger charge is -2.27. The van der Waals surface area contributed by atoms with Gasteiger partial charge in [0.25, 0.3) is 0 Å². The summed E-state index contributed by atoms with van der Waals surface area (Å²) < 4.78 is 11.5. The van der Waals surface area contributed by atoms with Crippen LogP contribution in [-0.4, -0.2) is 31.1 Å². The zero-order valence-corrected chi connectivity index (χ0v) is 18.9. The van der Waals surface area contributed by atoms with Crippen LogP contribution in [0.2, 0.25) is 0 Å². The van der Waals surface area contributed by atoms with Crippen molar-refractivity contribution in [3.8, 4) is 11.5 Å². The third kappa shape index (κ3) is 4.96. The standard InChI is InChI=1S/C28H31NO3/c1-3-28(30)29(20-21-9-5-4-6-10-21)17-15-24(25-11-7-8-12-26(25)31-2)23-14-13-22-16-18-32-27(22)19-23/h4-14,19,24H,3,15-18,20H2,1-2H3. The van der Waals surface area contributed by atoms with Crippen LogP contribution in [0, 0.1) is 0 Å². The highest BCUT2D eigenvalue weighted by molar-refractivity contribution is 5.75. The van der Waals surface area contributed by atoms with Crippen LogP contribution in [0.25, 0.3) is 0 Å². The molecular formula is C28H31NO3. The van der Waals surface area contributed by atoms with Crippen molar-refractivity contribution in [3.63, 3.8) is 0 Å². The van der Waals surface area contributed by atoms with Crippen LogP contribution < -0.4 is 9.47 Å². The second-order valence-corrected chi connectivity index (χ2v) is 8.20. The lowest BCUT2D eigenvalue weighted by Crippen LogP contribution is -2.31. The predicted molar refractivity (Wildman–Crippen MR) is 127 cm³/mol. The third-order valence-corrected chi connectivity index (χ3v) is 6.20. The third-order valence-electron chi connectivity index (χ3n) is 6.20. The van der Waals surface area contributed by atoms with Gasteiger partial charge in [0.15, 0.2) is 0 Å². The number of carbonyl (C=O) groups is 1. The van der Waals surface area contributed by atoms with Crippen molar-refractivity contribution in [3.05, 3.63) is 95.1 Å². The van der Waals surface area contributed by atoms with Gasteiger partial charge < -0.3 is 14.4 Å². The summed E-state index contributed by atoms with van der Waals surface area (Å²) in [5.74, 6) is 2.12. The topological polar surface area (TPSA) is 38.8 Å². The summed E-state index contributed by atoms with van der Waals surface area (Å²) in [5.41, 5.74) is 4.74. The minimum atomic E-state index is 0.101. The Morgan fingerprint density at radius 1 is 1.06 bits per heavy atom. The van der Waals surface area contributed by atoms with Gasteiger partial charge in [-0.3, -0.25) is 4.79 Å². The van der Waals surface area contributed by atoms with E-state index in [1.807, 2.05) is 48.2 Å². The molecule has 1 heterocycles. The highest BCUT2D eigenvalue weighted by atomic mass is 16.5. The molecule has 4 rings (SSSR count). The first kappa shape index (κ1) is 21.9. The largest absolute Gasteiger partial charge is 0.496 e. The van der Waals surface area contributed by atoms with Gasteiger partial charge in [-0.2, -0.15) is 0 Å². The molecule has 0 bridgehead atoms. The fourth-order valence-corrected chi connectivity index (χ4v) is 4.46. The summed E-state index contributed by atoms with van der Waals surface area (Å²) in [6.45, 7) is 3.96. The molecule has 1 atom stereocenters. The van der Waals surface area contributed by atoms with Gasteiger partial charge in [0.1, 0.15) is 11.5 Å². The number of fused-ring (bicyclic) bond motifs is 1. The monoisotopic (exact) mass is 429 g/mol. The maximum Gasteiger partial charge on any atom is 0.222 e. The summed E-state index contributed by atoms with van der Waals surface area (Å²) in [5, 5.41) is 0. The average molecular weight is 430 g/mol. The van der Waals surface area contributed by atoms with E-state index in [0.717, 1.165) is 42.1 Å². The minimum Gasteiger partial charge on any atom is -0.496 e. The Morgan fingerprint density at radius 2 is 1.84 bits per heavy atom. The SMILES string of the molecule is CCC(=O)N(CCC(c1ccc2c(c1)OCC2)c1ccccc1OC)Cc1ccccc1. The molecule has 0 saturated heterocycles. The van der Waals surface area contributed by atoms with E-state index in [1.54, 1.807) is 7.11 Å². The van der Waals surface area contributed by atoms with Gasteiger partial charge >= 0.3 is 0 Å². The number of hydrogen-bond donors (Lipinski definition) is 0. The normalized spacial score (nSPS) is 13.2. The Labute approximate surface area is 190 Å². The van der Waals surface area contributed by atoms with E-state index >= 15 is 0 Å². The van der Waals surface area contributed by atoms with Gasteiger partial charge in [0, 0.05) is 37.4 Å². The van der Waals surface area contributed by atoms with Crippen molar-refractivity contribution >= 4 is 5.91 Å². The van der Waals surface area contributed by atoms with E-state index in [-0.39, 0.29) is 11.8 Å². The van der Waals surface area contributed by atoms with Crippen LogP contribution >= 0.6 is 0 Å². The van der Waals surface area contributed by atoms with Crippen molar-refractivity contribution in [2.45, 2.75) is 38.6 Å². The first-order valence-corrected chi connectivity index (χ1v) is 11.4. The summed E-state index contributed by atoms with van der Waals surface area (Å²) in [6.07, 6.45) is 2.27. The average Bonchev–Trinajstić information content (AvgIpc) is 3.32. The van der Waals surface area contributed by atoms with Crippen LogP contribution in [0.15, 0.2) is 72.8 Å². The maximum absolute atomic E-state index is 12.8. The summed E-state index contributed by atoms with van der Waals surface area (Å²) in [6, 6.07) is 24.9. The molecule has 4 nitrogen and oxygen atoms in total. The van der Waals surface area contributed by atoms with Crippen LogP contribution in [0.5, 0.6) is 11.5 Å². The summed E-state index contributed by atoms with van der Waals surface area (Å²) in [4.78, 5) is 14.7. The lowest BCUT2D eigenvalue weighted by molar-refractivity contribution is -0.131.